The Balaban J connectivity index is 3.11. The van der Waals surface area contributed by atoms with E-state index in [1.165, 1.54) is 12.8 Å². The predicted molar refractivity (Wildman–Crippen MR) is 90.7 cm³/mol. The SMILES string of the molecule is CCCCCCC(=O)OCCOCCOCCOCCN(C)C. The minimum absolute atomic E-state index is 0.129. The Kier molecular flexibility index (Phi) is 17.1. The number of likely N-dealkylation sites (N-methyl/N-ethyl adjacent to an activating group) is 1. The lowest BCUT2D eigenvalue weighted by Crippen LogP contribution is -2.19. The Labute approximate surface area is 141 Å². The van der Waals surface area contributed by atoms with Crippen molar-refractivity contribution in [3.05, 3.63) is 0 Å². The molecule has 0 aliphatic carbocycles. The van der Waals surface area contributed by atoms with Crippen molar-refractivity contribution in [2.24, 2.45) is 0 Å². The van der Waals surface area contributed by atoms with Crippen molar-refractivity contribution in [1.29, 1.82) is 0 Å². The van der Waals surface area contributed by atoms with Gasteiger partial charge < -0.3 is 23.8 Å². The van der Waals surface area contributed by atoms with E-state index >= 15 is 0 Å². The molecule has 0 radical (unpaired) electrons. The largest absolute Gasteiger partial charge is 0.463 e. The van der Waals surface area contributed by atoms with Crippen LogP contribution < -0.4 is 0 Å². The monoisotopic (exact) mass is 333 g/mol. The maximum Gasteiger partial charge on any atom is 0.305 e. The van der Waals surface area contributed by atoms with Crippen molar-refractivity contribution in [1.82, 2.24) is 4.90 Å². The number of ether oxygens (including phenoxy) is 4. The fraction of sp³-hybridized carbons (Fsp3) is 0.941. The summed E-state index contributed by atoms with van der Waals surface area (Å²) in [4.78, 5) is 13.5. The molecule has 0 N–H and O–H groups in total. The molecule has 0 aromatic rings. The Hall–Kier alpha value is -0.690. The Morgan fingerprint density at radius 3 is 1.91 bits per heavy atom. The van der Waals surface area contributed by atoms with Crippen LogP contribution in [0.25, 0.3) is 0 Å². The van der Waals surface area contributed by atoms with Crippen LogP contribution >= 0.6 is 0 Å². The second kappa shape index (κ2) is 17.7. The lowest BCUT2D eigenvalue weighted by Gasteiger charge is -2.10. The maximum absolute atomic E-state index is 11.4. The summed E-state index contributed by atoms with van der Waals surface area (Å²) in [6.07, 6.45) is 4.87. The lowest BCUT2D eigenvalue weighted by atomic mass is 10.2. The molecule has 0 amide bonds. The molecular weight excluding hydrogens is 298 g/mol. The molecule has 0 atom stereocenters. The predicted octanol–water partition coefficient (Wildman–Crippen LogP) is 2.11. The zero-order valence-electron chi connectivity index (χ0n) is 15.2. The topological polar surface area (TPSA) is 57.2 Å². The zero-order valence-corrected chi connectivity index (χ0v) is 15.2. The van der Waals surface area contributed by atoms with Crippen molar-refractivity contribution in [2.45, 2.75) is 39.0 Å². The summed E-state index contributed by atoms with van der Waals surface area (Å²) in [7, 11) is 4.03. The number of carbonyl (C=O) groups is 1. The number of hydrogen-bond donors (Lipinski definition) is 0. The van der Waals surface area contributed by atoms with Crippen LogP contribution in [0.15, 0.2) is 0 Å². The summed E-state index contributed by atoms with van der Waals surface area (Å²) in [6, 6.07) is 0. The summed E-state index contributed by atoms with van der Waals surface area (Å²) >= 11 is 0. The molecule has 0 aromatic carbocycles. The number of carbonyl (C=O) groups excluding carboxylic acids is 1. The van der Waals surface area contributed by atoms with Gasteiger partial charge in [0, 0.05) is 13.0 Å². The molecular formula is C17H35NO5. The number of hydrogen-bond acceptors (Lipinski definition) is 6. The number of rotatable bonds is 17. The molecule has 0 aromatic heterocycles. The molecule has 0 saturated heterocycles. The van der Waals surface area contributed by atoms with Gasteiger partial charge in [-0.3, -0.25) is 4.79 Å². The van der Waals surface area contributed by atoms with E-state index in [0.717, 1.165) is 26.0 Å². The third-order valence-electron chi connectivity index (χ3n) is 3.15. The Bertz CT molecular complexity index is 261. The highest BCUT2D eigenvalue weighted by Crippen LogP contribution is 2.03. The molecule has 0 unspecified atom stereocenters. The molecule has 23 heavy (non-hydrogen) atoms. The average molecular weight is 333 g/mol. The second-order valence-corrected chi connectivity index (χ2v) is 5.67. The van der Waals surface area contributed by atoms with Gasteiger partial charge in [0.05, 0.1) is 39.6 Å². The van der Waals surface area contributed by atoms with Gasteiger partial charge in [-0.1, -0.05) is 26.2 Å². The van der Waals surface area contributed by atoms with E-state index < -0.39 is 0 Å². The van der Waals surface area contributed by atoms with Crippen molar-refractivity contribution in [3.63, 3.8) is 0 Å². The highest BCUT2D eigenvalue weighted by Gasteiger charge is 2.02. The summed E-state index contributed by atoms with van der Waals surface area (Å²) < 4.78 is 21.2. The highest BCUT2D eigenvalue weighted by molar-refractivity contribution is 5.69. The van der Waals surface area contributed by atoms with Gasteiger partial charge in [0.2, 0.25) is 0 Å². The lowest BCUT2D eigenvalue weighted by molar-refractivity contribution is -0.145. The fourth-order valence-corrected chi connectivity index (χ4v) is 1.77. The first-order valence-electron chi connectivity index (χ1n) is 8.70. The molecule has 0 saturated carbocycles. The summed E-state index contributed by atoms with van der Waals surface area (Å²) in [5.74, 6) is -0.129. The van der Waals surface area contributed by atoms with E-state index in [1.807, 2.05) is 14.1 Å². The first-order chi connectivity index (χ1) is 11.2. The van der Waals surface area contributed by atoms with Gasteiger partial charge in [-0.05, 0) is 20.5 Å². The number of nitrogens with zero attached hydrogens (tertiary/aromatic N) is 1. The summed E-state index contributed by atoms with van der Waals surface area (Å²) in [6.45, 7) is 6.74. The molecule has 138 valence electrons. The van der Waals surface area contributed by atoms with E-state index in [2.05, 4.69) is 11.8 Å². The van der Waals surface area contributed by atoms with Crippen LogP contribution in [0.2, 0.25) is 0 Å². The Morgan fingerprint density at radius 2 is 1.35 bits per heavy atom. The van der Waals surface area contributed by atoms with E-state index in [-0.39, 0.29) is 5.97 Å². The Morgan fingerprint density at radius 1 is 0.783 bits per heavy atom. The molecule has 6 nitrogen and oxygen atoms in total. The first-order valence-corrected chi connectivity index (χ1v) is 8.70. The van der Waals surface area contributed by atoms with Gasteiger partial charge in [-0.2, -0.15) is 0 Å². The van der Waals surface area contributed by atoms with Crippen molar-refractivity contribution >= 4 is 5.97 Å². The van der Waals surface area contributed by atoms with Gasteiger partial charge >= 0.3 is 5.97 Å². The van der Waals surface area contributed by atoms with Gasteiger partial charge in [0.25, 0.3) is 0 Å². The van der Waals surface area contributed by atoms with Crippen LogP contribution in [0, 0.1) is 0 Å². The normalized spacial score (nSPS) is 11.1. The molecule has 0 rings (SSSR count). The summed E-state index contributed by atoms with van der Waals surface area (Å²) in [5, 5.41) is 0. The van der Waals surface area contributed by atoms with Crippen LogP contribution in [0.5, 0.6) is 0 Å². The highest BCUT2D eigenvalue weighted by atomic mass is 16.6. The van der Waals surface area contributed by atoms with Crippen LogP contribution in [0.1, 0.15) is 39.0 Å². The van der Waals surface area contributed by atoms with Crippen LogP contribution in [-0.4, -0.2) is 77.8 Å². The quantitative estimate of drug-likeness (QED) is 0.300. The molecule has 0 aliphatic heterocycles. The molecule has 0 fully saturated rings. The van der Waals surface area contributed by atoms with E-state index in [4.69, 9.17) is 18.9 Å². The second-order valence-electron chi connectivity index (χ2n) is 5.67. The van der Waals surface area contributed by atoms with Crippen molar-refractivity contribution in [3.8, 4) is 0 Å². The summed E-state index contributed by atoms with van der Waals surface area (Å²) in [5.41, 5.74) is 0. The number of unbranched alkanes of at least 4 members (excludes halogenated alkanes) is 3. The average Bonchev–Trinajstić information content (AvgIpc) is 2.52. The van der Waals surface area contributed by atoms with Gasteiger partial charge in [-0.25, -0.2) is 0 Å². The van der Waals surface area contributed by atoms with Crippen LogP contribution in [0.3, 0.4) is 0 Å². The molecule has 0 aliphatic rings. The third-order valence-corrected chi connectivity index (χ3v) is 3.15. The fourth-order valence-electron chi connectivity index (χ4n) is 1.77. The zero-order chi connectivity index (χ0) is 17.2. The molecule has 6 heteroatoms. The molecule has 0 spiro atoms. The molecule has 0 bridgehead atoms. The standard InChI is InChI=1S/C17H35NO5/c1-4-5-6-7-8-17(19)23-16-15-22-14-13-21-12-11-20-10-9-18(2)3/h4-16H2,1-3H3. The molecule has 0 heterocycles. The van der Waals surface area contributed by atoms with E-state index in [0.29, 0.717) is 46.1 Å². The minimum Gasteiger partial charge on any atom is -0.463 e. The van der Waals surface area contributed by atoms with E-state index in [1.54, 1.807) is 0 Å². The smallest absolute Gasteiger partial charge is 0.305 e. The van der Waals surface area contributed by atoms with Crippen LogP contribution in [-0.2, 0) is 23.7 Å². The van der Waals surface area contributed by atoms with Crippen LogP contribution in [0.4, 0.5) is 0 Å². The van der Waals surface area contributed by atoms with Gasteiger partial charge in [-0.15, -0.1) is 0 Å². The minimum atomic E-state index is -0.129. The van der Waals surface area contributed by atoms with Crippen molar-refractivity contribution < 1.29 is 23.7 Å². The van der Waals surface area contributed by atoms with Crippen molar-refractivity contribution in [2.75, 3.05) is 66.9 Å². The first kappa shape index (κ1) is 22.3. The van der Waals surface area contributed by atoms with Gasteiger partial charge in [0.15, 0.2) is 0 Å². The number of esters is 1. The van der Waals surface area contributed by atoms with Gasteiger partial charge in [0.1, 0.15) is 6.61 Å². The third kappa shape index (κ3) is 19.3. The maximum atomic E-state index is 11.4. The van der Waals surface area contributed by atoms with E-state index in [9.17, 15) is 4.79 Å².